The minimum Gasteiger partial charge on any atom is -0.368 e. The van der Waals surface area contributed by atoms with E-state index in [1.54, 1.807) is 6.08 Å². The van der Waals surface area contributed by atoms with E-state index in [2.05, 4.69) is 16.8 Å². The number of nitrogens with zero attached hydrogens (tertiary/aromatic N) is 3. The molecule has 18 heavy (non-hydrogen) atoms. The van der Waals surface area contributed by atoms with Gasteiger partial charge in [0.1, 0.15) is 0 Å². The van der Waals surface area contributed by atoms with Gasteiger partial charge < -0.3 is 9.80 Å². The second kappa shape index (κ2) is 5.64. The van der Waals surface area contributed by atoms with E-state index in [9.17, 15) is 10.1 Å². The van der Waals surface area contributed by atoms with E-state index < -0.39 is 4.92 Å². The summed E-state index contributed by atoms with van der Waals surface area (Å²) in [5, 5.41) is 10.4. The number of likely N-dealkylation sites (N-methyl/N-ethyl adjacent to an activating group) is 1. The standard InChI is InChI=1S/C13H17N3O2/c1-14-8-10-15(11-9-14)13-5-3-2-4-12(13)6-7-16(17)18/h2-7H,8-11H2,1H3/b7-6+. The van der Waals surface area contributed by atoms with E-state index >= 15 is 0 Å². The van der Waals surface area contributed by atoms with Crippen molar-refractivity contribution in [1.29, 1.82) is 0 Å². The third-order valence-corrected chi connectivity index (χ3v) is 3.16. The van der Waals surface area contributed by atoms with Crippen LogP contribution in [0.25, 0.3) is 6.08 Å². The highest BCUT2D eigenvalue weighted by Gasteiger charge is 2.15. The molecule has 1 saturated heterocycles. The summed E-state index contributed by atoms with van der Waals surface area (Å²) in [5.74, 6) is 0. The Morgan fingerprint density at radius 2 is 1.89 bits per heavy atom. The molecule has 5 nitrogen and oxygen atoms in total. The number of anilines is 1. The Labute approximate surface area is 106 Å². The van der Waals surface area contributed by atoms with Crippen molar-refractivity contribution in [2.24, 2.45) is 0 Å². The number of benzene rings is 1. The smallest absolute Gasteiger partial charge is 0.235 e. The molecule has 0 saturated carbocycles. The lowest BCUT2D eigenvalue weighted by Crippen LogP contribution is -2.44. The van der Waals surface area contributed by atoms with E-state index in [1.807, 2.05) is 24.3 Å². The molecule has 2 rings (SSSR count). The first-order valence-electron chi connectivity index (χ1n) is 6.01. The SMILES string of the molecule is CN1CCN(c2ccccc2/C=C/[N+](=O)[O-])CC1. The molecular weight excluding hydrogens is 230 g/mol. The summed E-state index contributed by atoms with van der Waals surface area (Å²) in [5.41, 5.74) is 1.97. The normalized spacial score (nSPS) is 17.3. The summed E-state index contributed by atoms with van der Waals surface area (Å²) in [7, 11) is 2.11. The summed E-state index contributed by atoms with van der Waals surface area (Å²) in [4.78, 5) is 14.5. The van der Waals surface area contributed by atoms with Gasteiger partial charge in [0.2, 0.25) is 6.20 Å². The summed E-state index contributed by atoms with van der Waals surface area (Å²) >= 11 is 0. The highest BCUT2D eigenvalue weighted by atomic mass is 16.6. The highest BCUT2D eigenvalue weighted by molar-refractivity contribution is 5.67. The molecule has 96 valence electrons. The number of hydrogen-bond acceptors (Lipinski definition) is 4. The van der Waals surface area contributed by atoms with Crippen LogP contribution >= 0.6 is 0 Å². The molecule has 5 heteroatoms. The molecule has 0 aromatic heterocycles. The predicted molar refractivity (Wildman–Crippen MR) is 72.2 cm³/mol. The molecule has 1 heterocycles. The zero-order chi connectivity index (χ0) is 13.0. The fraction of sp³-hybridized carbons (Fsp3) is 0.385. The van der Waals surface area contributed by atoms with Crippen LogP contribution in [0.1, 0.15) is 5.56 Å². The molecule has 1 aliphatic rings. The van der Waals surface area contributed by atoms with Gasteiger partial charge in [0.25, 0.3) is 0 Å². The maximum atomic E-state index is 10.4. The quantitative estimate of drug-likeness (QED) is 0.602. The molecule has 0 spiro atoms. The average molecular weight is 247 g/mol. The Kier molecular flexibility index (Phi) is 3.94. The second-order valence-corrected chi connectivity index (χ2v) is 4.45. The third-order valence-electron chi connectivity index (χ3n) is 3.16. The summed E-state index contributed by atoms with van der Waals surface area (Å²) in [6.45, 7) is 3.96. The lowest BCUT2D eigenvalue weighted by molar-refractivity contribution is -0.400. The van der Waals surface area contributed by atoms with Crippen LogP contribution in [0.2, 0.25) is 0 Å². The van der Waals surface area contributed by atoms with Crippen LogP contribution in [-0.2, 0) is 0 Å². The third kappa shape index (κ3) is 3.07. The van der Waals surface area contributed by atoms with Crippen molar-refractivity contribution in [1.82, 2.24) is 4.90 Å². The first-order valence-corrected chi connectivity index (χ1v) is 6.01. The molecule has 0 amide bonds. The Morgan fingerprint density at radius 1 is 1.22 bits per heavy atom. The van der Waals surface area contributed by atoms with E-state index in [0.29, 0.717) is 0 Å². The topological polar surface area (TPSA) is 49.6 Å². The van der Waals surface area contributed by atoms with Crippen molar-refractivity contribution in [3.8, 4) is 0 Å². The van der Waals surface area contributed by atoms with Gasteiger partial charge >= 0.3 is 0 Å². The van der Waals surface area contributed by atoms with Crippen LogP contribution in [0.3, 0.4) is 0 Å². The van der Waals surface area contributed by atoms with Crippen molar-refractivity contribution in [2.45, 2.75) is 0 Å². The number of para-hydroxylation sites is 1. The van der Waals surface area contributed by atoms with E-state index in [0.717, 1.165) is 43.6 Å². The van der Waals surface area contributed by atoms with Crippen LogP contribution < -0.4 is 4.90 Å². The Bertz CT molecular complexity index is 451. The summed E-state index contributed by atoms with van der Waals surface area (Å²) in [6.07, 6.45) is 2.56. The average Bonchev–Trinajstić information content (AvgIpc) is 2.38. The first kappa shape index (κ1) is 12.6. The molecular formula is C13H17N3O2. The minimum absolute atomic E-state index is 0.430. The molecule has 0 bridgehead atoms. The molecule has 1 aliphatic heterocycles. The molecule has 0 atom stereocenters. The van der Waals surface area contributed by atoms with Crippen LogP contribution in [0, 0.1) is 10.1 Å². The van der Waals surface area contributed by atoms with Crippen molar-refractivity contribution < 1.29 is 4.92 Å². The fourth-order valence-corrected chi connectivity index (χ4v) is 2.10. The zero-order valence-corrected chi connectivity index (χ0v) is 10.5. The number of piperazine rings is 1. The van der Waals surface area contributed by atoms with E-state index in [1.165, 1.54) is 0 Å². The van der Waals surface area contributed by atoms with Gasteiger partial charge in [-0.1, -0.05) is 18.2 Å². The summed E-state index contributed by atoms with van der Waals surface area (Å²) in [6, 6.07) is 7.80. The predicted octanol–water partition coefficient (Wildman–Crippen LogP) is 1.69. The van der Waals surface area contributed by atoms with Crippen LogP contribution in [-0.4, -0.2) is 43.0 Å². The lowest BCUT2D eigenvalue weighted by Gasteiger charge is -2.34. The van der Waals surface area contributed by atoms with Crippen molar-refractivity contribution in [3.05, 3.63) is 46.1 Å². The zero-order valence-electron chi connectivity index (χ0n) is 10.5. The Morgan fingerprint density at radius 3 is 2.56 bits per heavy atom. The monoisotopic (exact) mass is 247 g/mol. The first-order chi connectivity index (χ1) is 8.66. The molecule has 0 radical (unpaired) electrons. The van der Waals surface area contributed by atoms with Gasteiger partial charge in [-0.3, -0.25) is 10.1 Å². The Balaban J connectivity index is 2.19. The lowest BCUT2D eigenvalue weighted by atomic mass is 10.1. The van der Waals surface area contributed by atoms with Crippen molar-refractivity contribution >= 4 is 11.8 Å². The van der Waals surface area contributed by atoms with Gasteiger partial charge in [0, 0.05) is 43.5 Å². The molecule has 1 fully saturated rings. The maximum Gasteiger partial charge on any atom is 0.235 e. The number of rotatable bonds is 3. The fourth-order valence-electron chi connectivity index (χ4n) is 2.10. The van der Waals surface area contributed by atoms with E-state index in [-0.39, 0.29) is 0 Å². The van der Waals surface area contributed by atoms with Gasteiger partial charge in [-0.2, -0.15) is 0 Å². The molecule has 1 aromatic carbocycles. The van der Waals surface area contributed by atoms with Crippen molar-refractivity contribution in [3.63, 3.8) is 0 Å². The molecule has 0 unspecified atom stereocenters. The maximum absolute atomic E-state index is 10.4. The van der Waals surface area contributed by atoms with Gasteiger partial charge in [0.15, 0.2) is 0 Å². The van der Waals surface area contributed by atoms with Gasteiger partial charge in [-0.15, -0.1) is 0 Å². The second-order valence-electron chi connectivity index (χ2n) is 4.45. The summed E-state index contributed by atoms with van der Waals surface area (Å²) < 4.78 is 0. The van der Waals surface area contributed by atoms with Crippen molar-refractivity contribution in [2.75, 3.05) is 38.1 Å². The Hall–Kier alpha value is -1.88. The number of nitro groups is 1. The minimum atomic E-state index is -0.430. The largest absolute Gasteiger partial charge is 0.368 e. The van der Waals surface area contributed by atoms with Crippen LogP contribution in [0.15, 0.2) is 30.5 Å². The molecule has 1 aromatic rings. The van der Waals surface area contributed by atoms with Gasteiger partial charge in [-0.25, -0.2) is 0 Å². The van der Waals surface area contributed by atoms with Crippen LogP contribution in [0.4, 0.5) is 5.69 Å². The van der Waals surface area contributed by atoms with Gasteiger partial charge in [-0.05, 0) is 13.1 Å². The molecule has 0 aliphatic carbocycles. The molecule has 0 N–H and O–H groups in total. The van der Waals surface area contributed by atoms with E-state index in [4.69, 9.17) is 0 Å². The highest BCUT2D eigenvalue weighted by Crippen LogP contribution is 2.22. The van der Waals surface area contributed by atoms with Gasteiger partial charge in [0.05, 0.1) is 4.92 Å². The van der Waals surface area contributed by atoms with Crippen LogP contribution in [0.5, 0.6) is 0 Å². The number of hydrogen-bond donors (Lipinski definition) is 0.